The predicted octanol–water partition coefficient (Wildman–Crippen LogP) is 3.45. The fourth-order valence-corrected chi connectivity index (χ4v) is 3.41. The molecule has 4 heteroatoms. The molecule has 0 spiro atoms. The molecule has 0 unspecified atom stereocenters. The van der Waals surface area contributed by atoms with Crippen LogP contribution in [-0.4, -0.2) is 30.3 Å². The lowest BCUT2D eigenvalue weighted by molar-refractivity contribution is 0.0957. The number of carbonyl (C=O) groups excluding carboxylic acids is 1. The molecule has 0 fully saturated rings. The molecule has 0 aliphatic carbocycles. The van der Waals surface area contributed by atoms with E-state index in [2.05, 4.69) is 11.4 Å². The summed E-state index contributed by atoms with van der Waals surface area (Å²) in [6, 6.07) is 16.2. The van der Waals surface area contributed by atoms with Crippen molar-refractivity contribution >= 4 is 5.78 Å². The van der Waals surface area contributed by atoms with Crippen LogP contribution in [0.5, 0.6) is 0 Å². The number of nitrogens with one attached hydrogen (secondary N) is 1. The Balaban J connectivity index is 1.30. The van der Waals surface area contributed by atoms with E-state index in [0.29, 0.717) is 19.7 Å². The molecule has 0 aromatic heterocycles. The monoisotopic (exact) mass is 360 g/mol. The summed E-state index contributed by atoms with van der Waals surface area (Å²) in [5.41, 5.74) is 4.54. The molecule has 0 saturated carbocycles. The molecule has 2 aliphatic rings. The Bertz CT molecular complexity index is 871. The van der Waals surface area contributed by atoms with Gasteiger partial charge in [0, 0.05) is 24.9 Å². The van der Waals surface area contributed by atoms with Crippen molar-refractivity contribution in [2.24, 2.45) is 0 Å². The second-order valence-electron chi connectivity index (χ2n) is 6.96. The van der Waals surface area contributed by atoms with Crippen molar-refractivity contribution in [1.82, 2.24) is 10.2 Å². The maximum atomic E-state index is 12.6. The summed E-state index contributed by atoms with van der Waals surface area (Å²) in [7, 11) is 0. The Hall–Kier alpha value is -2.85. The van der Waals surface area contributed by atoms with E-state index in [9.17, 15) is 4.79 Å². The third-order valence-corrected chi connectivity index (χ3v) is 4.99. The number of fused-ring (bicyclic) bond motifs is 1. The normalized spacial score (nSPS) is 15.9. The topological polar surface area (TPSA) is 41.6 Å². The summed E-state index contributed by atoms with van der Waals surface area (Å²) in [6.07, 6.45) is 6.93. The minimum absolute atomic E-state index is 0.148. The van der Waals surface area contributed by atoms with Gasteiger partial charge in [-0.05, 0) is 47.9 Å². The van der Waals surface area contributed by atoms with Gasteiger partial charge in [0.1, 0.15) is 12.4 Å². The smallest absolute Gasteiger partial charge is 0.182 e. The molecule has 4 rings (SSSR count). The van der Waals surface area contributed by atoms with Gasteiger partial charge < -0.3 is 15.0 Å². The van der Waals surface area contributed by atoms with Crippen LogP contribution in [-0.2, 0) is 24.3 Å². The molecular formula is C23H24N2O2. The Morgan fingerprint density at radius 2 is 2.00 bits per heavy atom. The number of ketones is 1. The van der Waals surface area contributed by atoms with Crippen LogP contribution in [0.3, 0.4) is 0 Å². The zero-order valence-electron chi connectivity index (χ0n) is 15.4. The minimum atomic E-state index is 0.148. The fraction of sp³-hybridized carbons (Fsp3) is 0.261. The molecule has 0 bridgehead atoms. The van der Waals surface area contributed by atoms with Crippen molar-refractivity contribution in [3.05, 3.63) is 94.9 Å². The van der Waals surface area contributed by atoms with Crippen LogP contribution in [0.4, 0.5) is 0 Å². The highest BCUT2D eigenvalue weighted by Gasteiger charge is 2.15. The highest BCUT2D eigenvalue weighted by Crippen LogP contribution is 2.17. The van der Waals surface area contributed by atoms with Crippen LogP contribution in [0.1, 0.15) is 27.0 Å². The molecule has 0 saturated heterocycles. The van der Waals surface area contributed by atoms with Crippen LogP contribution < -0.4 is 5.32 Å². The lowest BCUT2D eigenvalue weighted by Gasteiger charge is -2.23. The highest BCUT2D eigenvalue weighted by atomic mass is 16.5. The molecule has 27 heavy (non-hydrogen) atoms. The molecule has 0 atom stereocenters. The van der Waals surface area contributed by atoms with Gasteiger partial charge in [-0.2, -0.15) is 0 Å². The van der Waals surface area contributed by atoms with E-state index in [1.54, 1.807) is 0 Å². The van der Waals surface area contributed by atoms with Crippen molar-refractivity contribution < 1.29 is 9.53 Å². The van der Waals surface area contributed by atoms with Gasteiger partial charge in [-0.3, -0.25) is 4.79 Å². The lowest BCUT2D eigenvalue weighted by Crippen LogP contribution is -2.28. The van der Waals surface area contributed by atoms with Gasteiger partial charge in [-0.15, -0.1) is 0 Å². The van der Waals surface area contributed by atoms with Crippen molar-refractivity contribution in [3.8, 4) is 0 Å². The van der Waals surface area contributed by atoms with E-state index >= 15 is 0 Å². The predicted molar refractivity (Wildman–Crippen MR) is 106 cm³/mol. The number of nitrogens with zero attached hydrogens (tertiary/aromatic N) is 1. The maximum absolute atomic E-state index is 12.6. The first-order valence-electron chi connectivity index (χ1n) is 9.43. The first-order valence-corrected chi connectivity index (χ1v) is 9.43. The minimum Gasteiger partial charge on any atom is -0.489 e. The Labute approximate surface area is 160 Å². The van der Waals surface area contributed by atoms with Crippen molar-refractivity contribution in [3.63, 3.8) is 0 Å². The van der Waals surface area contributed by atoms with Gasteiger partial charge >= 0.3 is 0 Å². The highest BCUT2D eigenvalue weighted by molar-refractivity contribution is 5.98. The molecule has 4 nitrogen and oxygen atoms in total. The lowest BCUT2D eigenvalue weighted by atomic mass is 9.97. The second-order valence-corrected chi connectivity index (χ2v) is 6.96. The Morgan fingerprint density at radius 3 is 2.81 bits per heavy atom. The second kappa shape index (κ2) is 8.23. The molecule has 1 N–H and O–H groups in total. The van der Waals surface area contributed by atoms with Gasteiger partial charge in [0.25, 0.3) is 0 Å². The molecule has 0 amide bonds. The van der Waals surface area contributed by atoms with Gasteiger partial charge in [0.2, 0.25) is 0 Å². The molecule has 138 valence electrons. The third-order valence-electron chi connectivity index (χ3n) is 4.99. The quantitative estimate of drug-likeness (QED) is 0.801. The summed E-state index contributed by atoms with van der Waals surface area (Å²) in [5.74, 6) is 0.998. The van der Waals surface area contributed by atoms with Gasteiger partial charge in [0.15, 0.2) is 5.78 Å². The Morgan fingerprint density at radius 1 is 1.11 bits per heavy atom. The summed E-state index contributed by atoms with van der Waals surface area (Å²) in [6.45, 7) is 3.48. The summed E-state index contributed by atoms with van der Waals surface area (Å²) >= 11 is 0. The summed E-state index contributed by atoms with van der Waals surface area (Å²) in [4.78, 5) is 14.7. The first kappa shape index (κ1) is 17.6. The molecular weight excluding hydrogens is 336 g/mol. The number of allylic oxidation sites excluding steroid dienone is 1. The van der Waals surface area contributed by atoms with Crippen LogP contribution >= 0.6 is 0 Å². The van der Waals surface area contributed by atoms with Crippen LogP contribution in [0.2, 0.25) is 0 Å². The number of Topliss-reactive ketones (excluding diaryl/α,β-unsaturated/α-hetero) is 1. The average molecular weight is 360 g/mol. The standard InChI is InChI=1S/C23H24N2O2/c26-23(20-7-6-19-8-11-24-15-21(19)14-20)16-25-12-9-22(10-13-25)27-17-18-4-2-1-3-5-18/h1-7,9-10,12,14,24H,8,11,13,15-17H2. The molecule has 2 aromatic carbocycles. The van der Waals surface area contributed by atoms with E-state index in [-0.39, 0.29) is 5.78 Å². The van der Waals surface area contributed by atoms with E-state index in [0.717, 1.165) is 36.4 Å². The zero-order valence-corrected chi connectivity index (χ0v) is 15.4. The zero-order chi connectivity index (χ0) is 18.5. The molecule has 2 aliphatic heterocycles. The Kier molecular flexibility index (Phi) is 5.35. The van der Waals surface area contributed by atoms with Crippen molar-refractivity contribution in [1.29, 1.82) is 0 Å². The maximum Gasteiger partial charge on any atom is 0.182 e. The van der Waals surface area contributed by atoms with Crippen LogP contribution in [0.25, 0.3) is 0 Å². The number of ether oxygens (including phenoxy) is 1. The van der Waals surface area contributed by atoms with Gasteiger partial charge in [0.05, 0.1) is 6.54 Å². The molecule has 0 radical (unpaired) electrons. The van der Waals surface area contributed by atoms with Crippen molar-refractivity contribution in [2.75, 3.05) is 19.6 Å². The summed E-state index contributed by atoms with van der Waals surface area (Å²) < 4.78 is 5.82. The number of carbonyl (C=O) groups is 1. The van der Waals surface area contributed by atoms with Gasteiger partial charge in [-0.1, -0.05) is 42.5 Å². The fourth-order valence-electron chi connectivity index (χ4n) is 3.41. The SMILES string of the molecule is O=C(CN1C=CC(OCc2ccccc2)=CC1)c1ccc2c(c1)CNCC2. The average Bonchev–Trinajstić information content (AvgIpc) is 2.73. The number of benzene rings is 2. The largest absolute Gasteiger partial charge is 0.489 e. The summed E-state index contributed by atoms with van der Waals surface area (Å²) in [5, 5.41) is 3.36. The van der Waals surface area contributed by atoms with E-state index < -0.39 is 0 Å². The number of hydrogen-bond acceptors (Lipinski definition) is 4. The van der Waals surface area contributed by atoms with Crippen molar-refractivity contribution in [2.45, 2.75) is 19.6 Å². The van der Waals surface area contributed by atoms with Crippen LogP contribution in [0, 0.1) is 0 Å². The molecule has 2 aromatic rings. The third kappa shape index (κ3) is 4.47. The molecule has 2 heterocycles. The first-order chi connectivity index (χ1) is 13.3. The number of rotatable bonds is 6. The van der Waals surface area contributed by atoms with E-state index in [1.807, 2.05) is 65.7 Å². The van der Waals surface area contributed by atoms with Crippen LogP contribution in [0.15, 0.2) is 72.6 Å². The van der Waals surface area contributed by atoms with E-state index in [1.165, 1.54) is 11.1 Å². The van der Waals surface area contributed by atoms with E-state index in [4.69, 9.17) is 4.74 Å². The van der Waals surface area contributed by atoms with Gasteiger partial charge in [-0.25, -0.2) is 0 Å². The number of hydrogen-bond donors (Lipinski definition) is 1.